The molecular weight excluding hydrogens is 500 g/mol. The molecule has 1 aliphatic heterocycles. The van der Waals surface area contributed by atoms with Gasteiger partial charge in [-0.3, -0.25) is 0 Å². The van der Waals surface area contributed by atoms with E-state index in [0.29, 0.717) is 17.2 Å². The molecule has 5 rings (SSSR count). The number of aliphatic hydroxyl groups is 1. The summed E-state index contributed by atoms with van der Waals surface area (Å²) in [4.78, 5) is 17.0. The Bertz CT molecular complexity index is 1390. The number of nitrogens with one attached hydrogen (secondary N) is 2. The Morgan fingerprint density at radius 1 is 1.05 bits per heavy atom. The van der Waals surface area contributed by atoms with Crippen molar-refractivity contribution in [2.24, 2.45) is 5.92 Å². The number of hydrogen-bond donors (Lipinski definition) is 3. The van der Waals surface area contributed by atoms with E-state index in [-0.39, 0.29) is 47.1 Å². The number of halogens is 3. The highest BCUT2D eigenvalue weighted by Crippen LogP contribution is 2.31. The highest BCUT2D eigenvalue weighted by atomic mass is 35.5. The topological polar surface area (TPSA) is 101 Å². The van der Waals surface area contributed by atoms with Gasteiger partial charge in [-0.25, -0.2) is 28.7 Å². The highest BCUT2D eigenvalue weighted by Gasteiger charge is 2.23. The quantitative estimate of drug-likeness (QED) is 0.313. The molecule has 1 saturated heterocycles. The molecule has 37 heavy (non-hydrogen) atoms. The Hall–Kier alpha value is -3.21. The summed E-state index contributed by atoms with van der Waals surface area (Å²) in [7, 11) is 0. The third-order valence-electron chi connectivity index (χ3n) is 6.66. The summed E-state index contributed by atoms with van der Waals surface area (Å²) < 4.78 is 31.6. The summed E-state index contributed by atoms with van der Waals surface area (Å²) in [5, 5.41) is 16.9. The van der Waals surface area contributed by atoms with Crippen LogP contribution in [0.1, 0.15) is 50.2 Å². The van der Waals surface area contributed by atoms with Crippen LogP contribution in [0.15, 0.2) is 36.7 Å². The van der Waals surface area contributed by atoms with E-state index in [9.17, 15) is 13.9 Å². The fourth-order valence-corrected chi connectivity index (χ4v) is 4.89. The van der Waals surface area contributed by atoms with Crippen LogP contribution < -0.4 is 10.6 Å². The molecule has 4 heterocycles. The first-order valence-electron chi connectivity index (χ1n) is 12.1. The van der Waals surface area contributed by atoms with Gasteiger partial charge in [0.2, 0.25) is 5.95 Å². The molecule has 1 atom stereocenters. The molecule has 0 aliphatic carbocycles. The lowest BCUT2D eigenvalue weighted by Crippen LogP contribution is -2.30. The number of aliphatic hydroxyl groups excluding tert-OH is 1. The Balaban J connectivity index is 0.00000320. The first-order valence-corrected chi connectivity index (χ1v) is 12.1. The molecule has 1 unspecified atom stereocenters. The molecule has 0 bridgehead atoms. The predicted molar refractivity (Wildman–Crippen MR) is 141 cm³/mol. The van der Waals surface area contributed by atoms with E-state index >= 15 is 0 Å². The van der Waals surface area contributed by atoms with Gasteiger partial charge in [0.25, 0.3) is 0 Å². The van der Waals surface area contributed by atoms with Crippen LogP contribution in [0.2, 0.25) is 0 Å². The molecule has 1 aromatic carbocycles. The molecular formula is C26H30ClF2N7O. The number of nitrogens with zero attached hydrogens (tertiary/aromatic N) is 5. The van der Waals surface area contributed by atoms with E-state index < -0.39 is 17.7 Å². The van der Waals surface area contributed by atoms with Crippen LogP contribution in [0.25, 0.3) is 22.3 Å². The van der Waals surface area contributed by atoms with Gasteiger partial charge in [0.1, 0.15) is 22.9 Å². The van der Waals surface area contributed by atoms with Gasteiger partial charge in [-0.05, 0) is 76.4 Å². The summed E-state index contributed by atoms with van der Waals surface area (Å²) in [6, 6.07) is 6.53. The Morgan fingerprint density at radius 3 is 2.49 bits per heavy atom. The number of piperidine rings is 1. The van der Waals surface area contributed by atoms with Crippen LogP contribution >= 0.6 is 12.4 Å². The maximum atomic E-state index is 14.9. The van der Waals surface area contributed by atoms with Gasteiger partial charge in [-0.2, -0.15) is 0 Å². The maximum absolute atomic E-state index is 14.9. The van der Waals surface area contributed by atoms with Gasteiger partial charge in [-0.1, -0.05) is 6.07 Å². The Labute approximate surface area is 220 Å². The maximum Gasteiger partial charge on any atom is 0.229 e. The molecule has 1 aliphatic rings. The largest absolute Gasteiger partial charge is 0.388 e. The zero-order valence-corrected chi connectivity index (χ0v) is 21.7. The molecule has 8 nitrogen and oxygen atoms in total. The molecule has 0 amide bonds. The second-order valence-corrected chi connectivity index (χ2v) is 9.47. The summed E-state index contributed by atoms with van der Waals surface area (Å²) in [6.07, 6.45) is 3.93. The normalized spacial score (nSPS) is 15.1. The van der Waals surface area contributed by atoms with E-state index in [0.717, 1.165) is 37.7 Å². The zero-order valence-electron chi connectivity index (χ0n) is 20.9. The SMILES string of the molecule is Cc1nc2c(F)cc(-c3nc(Nc4ccc(C(O)C5CCNCC5)cn4)ncc3F)cc2n1C(C)C.Cl. The summed E-state index contributed by atoms with van der Waals surface area (Å²) in [5.74, 6) is 0.246. The molecule has 11 heteroatoms. The Kier molecular flexibility index (Phi) is 8.01. The van der Waals surface area contributed by atoms with Crippen LogP contribution in [0.3, 0.4) is 0 Å². The molecule has 3 aromatic heterocycles. The van der Waals surface area contributed by atoms with Gasteiger partial charge in [0.05, 0.1) is 17.8 Å². The van der Waals surface area contributed by atoms with Gasteiger partial charge in [-0.15, -0.1) is 12.4 Å². The molecule has 1 fully saturated rings. The zero-order chi connectivity index (χ0) is 25.4. The number of rotatable bonds is 6. The minimum absolute atomic E-state index is 0. The molecule has 4 aromatic rings. The minimum Gasteiger partial charge on any atom is -0.388 e. The third kappa shape index (κ3) is 5.41. The number of hydrogen-bond acceptors (Lipinski definition) is 7. The number of anilines is 2. The molecule has 3 N–H and O–H groups in total. The number of fused-ring (bicyclic) bond motifs is 1. The average Bonchev–Trinajstić information content (AvgIpc) is 3.22. The number of benzene rings is 1. The molecule has 0 saturated carbocycles. The van der Waals surface area contributed by atoms with Crippen LogP contribution in [0.5, 0.6) is 0 Å². The van der Waals surface area contributed by atoms with Crippen molar-refractivity contribution in [2.45, 2.75) is 45.8 Å². The summed E-state index contributed by atoms with van der Waals surface area (Å²) >= 11 is 0. The van der Waals surface area contributed by atoms with E-state index in [1.54, 1.807) is 18.3 Å². The number of aryl methyl sites for hydroxylation is 1. The standard InChI is InChI=1S/C26H29F2N7O.ClH/c1-14(2)35-15(3)32-24-19(27)10-18(11-21(24)35)23-20(28)13-31-26(34-23)33-22-5-4-17(12-30-22)25(36)16-6-8-29-9-7-16;/h4-5,10-14,16,25,29,36H,6-9H2,1-3H3,(H,30,31,33,34);1H. The van der Waals surface area contributed by atoms with Gasteiger partial charge in [0.15, 0.2) is 11.6 Å². The van der Waals surface area contributed by atoms with Crippen molar-refractivity contribution < 1.29 is 13.9 Å². The predicted octanol–water partition coefficient (Wildman–Crippen LogP) is 5.25. The van der Waals surface area contributed by atoms with Crippen LogP contribution in [-0.4, -0.2) is 42.7 Å². The van der Waals surface area contributed by atoms with Crippen molar-refractivity contribution in [1.82, 2.24) is 29.8 Å². The lowest BCUT2D eigenvalue weighted by atomic mass is 9.89. The monoisotopic (exact) mass is 529 g/mol. The van der Waals surface area contributed by atoms with Crippen LogP contribution in [-0.2, 0) is 0 Å². The average molecular weight is 530 g/mol. The van der Waals surface area contributed by atoms with E-state index in [4.69, 9.17) is 0 Å². The lowest BCUT2D eigenvalue weighted by Gasteiger charge is -2.27. The second-order valence-electron chi connectivity index (χ2n) is 9.47. The summed E-state index contributed by atoms with van der Waals surface area (Å²) in [5.41, 5.74) is 1.83. The minimum atomic E-state index is -0.667. The fraction of sp³-hybridized carbons (Fsp3) is 0.385. The Morgan fingerprint density at radius 2 is 1.81 bits per heavy atom. The van der Waals surface area contributed by atoms with Crippen LogP contribution in [0, 0.1) is 24.5 Å². The van der Waals surface area contributed by atoms with Crippen molar-refractivity contribution in [1.29, 1.82) is 0 Å². The molecule has 196 valence electrons. The van der Waals surface area contributed by atoms with Crippen molar-refractivity contribution in [3.8, 4) is 11.3 Å². The van der Waals surface area contributed by atoms with Gasteiger partial charge >= 0.3 is 0 Å². The fourth-order valence-electron chi connectivity index (χ4n) is 4.89. The molecule has 0 spiro atoms. The first kappa shape index (κ1) is 26.8. The summed E-state index contributed by atoms with van der Waals surface area (Å²) in [6.45, 7) is 7.58. The van der Waals surface area contributed by atoms with Crippen molar-refractivity contribution >= 4 is 35.2 Å². The molecule has 0 radical (unpaired) electrons. The number of imidazole rings is 1. The highest BCUT2D eigenvalue weighted by molar-refractivity contribution is 5.85. The van der Waals surface area contributed by atoms with E-state index in [1.807, 2.05) is 31.4 Å². The van der Waals surface area contributed by atoms with Crippen molar-refractivity contribution in [3.63, 3.8) is 0 Å². The number of aromatic nitrogens is 5. The van der Waals surface area contributed by atoms with Crippen molar-refractivity contribution in [3.05, 3.63) is 59.7 Å². The van der Waals surface area contributed by atoms with Crippen LogP contribution in [0.4, 0.5) is 20.5 Å². The smallest absolute Gasteiger partial charge is 0.229 e. The van der Waals surface area contributed by atoms with E-state index in [1.165, 1.54) is 6.07 Å². The van der Waals surface area contributed by atoms with Gasteiger partial charge < -0.3 is 20.3 Å². The second kappa shape index (κ2) is 11.0. The lowest BCUT2D eigenvalue weighted by molar-refractivity contribution is 0.0886. The first-order chi connectivity index (χ1) is 17.3. The van der Waals surface area contributed by atoms with Gasteiger partial charge in [0, 0.05) is 17.8 Å². The third-order valence-corrected chi connectivity index (χ3v) is 6.66. The number of pyridine rings is 1. The van der Waals surface area contributed by atoms with Crippen molar-refractivity contribution in [2.75, 3.05) is 18.4 Å². The van der Waals surface area contributed by atoms with E-state index in [2.05, 4.69) is 30.6 Å².